The summed E-state index contributed by atoms with van der Waals surface area (Å²) in [5.41, 5.74) is 3.96. The number of para-hydroxylation sites is 1. The van der Waals surface area contributed by atoms with Gasteiger partial charge in [-0.1, -0.05) is 49.4 Å². The molecule has 0 bridgehead atoms. The molecule has 2 nitrogen and oxygen atoms in total. The summed E-state index contributed by atoms with van der Waals surface area (Å²) in [6.45, 7) is 2.13. The Morgan fingerprint density at radius 2 is 1.67 bits per heavy atom. The Labute approximate surface area is 124 Å². The smallest absolute Gasteiger partial charge is 0.167 e. The molecule has 0 atom stereocenters. The summed E-state index contributed by atoms with van der Waals surface area (Å²) in [5, 5.41) is 0.926. The first kappa shape index (κ1) is 13.5. The molecule has 104 valence electrons. The molecule has 2 aromatic carbocycles. The van der Waals surface area contributed by atoms with E-state index in [1.807, 2.05) is 42.5 Å². The highest BCUT2D eigenvalue weighted by molar-refractivity contribution is 6.07. The van der Waals surface area contributed by atoms with Gasteiger partial charge in [-0.25, -0.2) is 0 Å². The highest BCUT2D eigenvalue weighted by Gasteiger charge is 2.11. The average molecular weight is 275 g/mol. The minimum Gasteiger partial charge on any atom is -0.294 e. The van der Waals surface area contributed by atoms with E-state index in [1.165, 1.54) is 5.56 Å². The van der Waals surface area contributed by atoms with Crippen molar-refractivity contribution in [3.63, 3.8) is 0 Å². The normalized spacial score (nSPS) is 10.7. The topological polar surface area (TPSA) is 30.0 Å². The third-order valence-corrected chi connectivity index (χ3v) is 3.75. The van der Waals surface area contributed by atoms with E-state index in [2.05, 4.69) is 24.0 Å². The summed E-state index contributed by atoms with van der Waals surface area (Å²) < 4.78 is 0. The van der Waals surface area contributed by atoms with Crippen LogP contribution in [0.1, 0.15) is 28.4 Å². The third-order valence-electron chi connectivity index (χ3n) is 3.75. The molecule has 0 saturated heterocycles. The summed E-state index contributed by atoms with van der Waals surface area (Å²) in [4.78, 5) is 16.9. The van der Waals surface area contributed by atoms with Crippen LogP contribution < -0.4 is 0 Å². The van der Waals surface area contributed by atoms with Crippen molar-refractivity contribution in [3.05, 3.63) is 77.5 Å². The lowest BCUT2D eigenvalue weighted by Crippen LogP contribution is -2.04. The van der Waals surface area contributed by atoms with Crippen LogP contribution in [0.25, 0.3) is 10.9 Å². The van der Waals surface area contributed by atoms with Gasteiger partial charge in [0, 0.05) is 23.6 Å². The first-order chi connectivity index (χ1) is 10.3. The first-order valence-electron chi connectivity index (χ1n) is 7.22. The van der Waals surface area contributed by atoms with Crippen molar-refractivity contribution in [2.45, 2.75) is 19.8 Å². The highest BCUT2D eigenvalue weighted by atomic mass is 16.1. The Hall–Kier alpha value is -2.48. The molecule has 0 amide bonds. The molecular formula is C19H17NO. The van der Waals surface area contributed by atoms with E-state index in [0.717, 1.165) is 28.5 Å². The van der Waals surface area contributed by atoms with Gasteiger partial charge in [0.2, 0.25) is 0 Å². The zero-order chi connectivity index (χ0) is 14.7. The monoisotopic (exact) mass is 275 g/mol. The van der Waals surface area contributed by atoms with E-state index in [0.29, 0.717) is 6.42 Å². The van der Waals surface area contributed by atoms with Gasteiger partial charge in [-0.15, -0.1) is 0 Å². The maximum Gasteiger partial charge on any atom is 0.167 e. The number of aryl methyl sites for hydroxylation is 1. The van der Waals surface area contributed by atoms with Crippen molar-refractivity contribution >= 4 is 16.7 Å². The van der Waals surface area contributed by atoms with E-state index in [4.69, 9.17) is 0 Å². The summed E-state index contributed by atoms with van der Waals surface area (Å²) >= 11 is 0. The van der Waals surface area contributed by atoms with Gasteiger partial charge in [-0.3, -0.25) is 9.78 Å². The van der Waals surface area contributed by atoms with Gasteiger partial charge < -0.3 is 0 Å². The van der Waals surface area contributed by atoms with E-state index >= 15 is 0 Å². The van der Waals surface area contributed by atoms with Crippen LogP contribution in [-0.2, 0) is 12.8 Å². The average Bonchev–Trinajstić information content (AvgIpc) is 2.55. The van der Waals surface area contributed by atoms with Crippen LogP contribution in [0.4, 0.5) is 0 Å². The SMILES string of the molecule is CCc1ccc(CC(=O)c2ccnc3ccccc23)cc1. The Morgan fingerprint density at radius 3 is 2.43 bits per heavy atom. The Bertz CT molecular complexity index is 770. The summed E-state index contributed by atoms with van der Waals surface area (Å²) in [6, 6.07) is 17.8. The van der Waals surface area contributed by atoms with Crippen LogP contribution in [0.15, 0.2) is 60.8 Å². The number of aromatic nitrogens is 1. The molecule has 0 aliphatic carbocycles. The number of pyridine rings is 1. The van der Waals surface area contributed by atoms with Gasteiger partial charge in [0.1, 0.15) is 0 Å². The molecule has 0 N–H and O–H groups in total. The van der Waals surface area contributed by atoms with Crippen molar-refractivity contribution in [3.8, 4) is 0 Å². The van der Waals surface area contributed by atoms with Crippen LogP contribution in [0.2, 0.25) is 0 Å². The minimum atomic E-state index is 0.137. The number of nitrogens with zero attached hydrogens (tertiary/aromatic N) is 1. The number of hydrogen-bond acceptors (Lipinski definition) is 2. The standard InChI is InChI=1S/C19H17NO/c1-2-14-7-9-15(10-8-14)13-19(21)17-11-12-20-18-6-4-3-5-16(17)18/h3-12H,2,13H2,1H3. The second-order valence-corrected chi connectivity index (χ2v) is 5.15. The maximum absolute atomic E-state index is 12.6. The van der Waals surface area contributed by atoms with E-state index in [1.54, 1.807) is 6.20 Å². The number of carbonyl (C=O) groups is 1. The van der Waals surface area contributed by atoms with Crippen molar-refractivity contribution in [2.75, 3.05) is 0 Å². The largest absolute Gasteiger partial charge is 0.294 e. The fourth-order valence-electron chi connectivity index (χ4n) is 2.51. The number of rotatable bonds is 4. The third kappa shape index (κ3) is 2.84. The molecule has 21 heavy (non-hydrogen) atoms. The summed E-state index contributed by atoms with van der Waals surface area (Å²) in [5.74, 6) is 0.137. The van der Waals surface area contributed by atoms with Gasteiger partial charge in [-0.2, -0.15) is 0 Å². The molecule has 0 unspecified atom stereocenters. The van der Waals surface area contributed by atoms with Crippen molar-refractivity contribution < 1.29 is 4.79 Å². The molecule has 3 aromatic rings. The van der Waals surface area contributed by atoms with E-state index in [-0.39, 0.29) is 5.78 Å². The zero-order valence-corrected chi connectivity index (χ0v) is 12.0. The number of Topliss-reactive ketones (excluding diaryl/α,β-unsaturated/α-hetero) is 1. The Kier molecular flexibility index (Phi) is 3.78. The molecule has 0 radical (unpaired) electrons. The second kappa shape index (κ2) is 5.88. The van der Waals surface area contributed by atoms with Crippen LogP contribution >= 0.6 is 0 Å². The molecule has 0 spiro atoms. The molecule has 0 fully saturated rings. The number of benzene rings is 2. The lowest BCUT2D eigenvalue weighted by Gasteiger charge is -2.06. The molecule has 0 aliphatic rings. The van der Waals surface area contributed by atoms with Gasteiger partial charge in [0.15, 0.2) is 5.78 Å². The van der Waals surface area contributed by atoms with Gasteiger partial charge in [0.25, 0.3) is 0 Å². The molecule has 1 aromatic heterocycles. The van der Waals surface area contributed by atoms with Crippen LogP contribution in [0, 0.1) is 0 Å². The van der Waals surface area contributed by atoms with Crippen LogP contribution in [0.5, 0.6) is 0 Å². The summed E-state index contributed by atoms with van der Waals surface area (Å²) in [6.07, 6.45) is 3.15. The lowest BCUT2D eigenvalue weighted by atomic mass is 9.99. The van der Waals surface area contributed by atoms with Crippen molar-refractivity contribution in [1.29, 1.82) is 0 Å². The van der Waals surface area contributed by atoms with Gasteiger partial charge >= 0.3 is 0 Å². The minimum absolute atomic E-state index is 0.137. The fraction of sp³-hybridized carbons (Fsp3) is 0.158. The second-order valence-electron chi connectivity index (χ2n) is 5.15. The molecule has 2 heteroatoms. The first-order valence-corrected chi connectivity index (χ1v) is 7.22. The van der Waals surface area contributed by atoms with Gasteiger partial charge in [-0.05, 0) is 29.7 Å². The highest BCUT2D eigenvalue weighted by Crippen LogP contribution is 2.18. The molecule has 0 aliphatic heterocycles. The van der Waals surface area contributed by atoms with Crippen molar-refractivity contribution in [1.82, 2.24) is 4.98 Å². The fourth-order valence-corrected chi connectivity index (χ4v) is 2.51. The number of ketones is 1. The lowest BCUT2D eigenvalue weighted by molar-refractivity contribution is 0.0994. The molecular weight excluding hydrogens is 258 g/mol. The Balaban J connectivity index is 1.90. The van der Waals surface area contributed by atoms with Crippen LogP contribution in [0.3, 0.4) is 0 Å². The molecule has 1 heterocycles. The van der Waals surface area contributed by atoms with Crippen LogP contribution in [-0.4, -0.2) is 10.8 Å². The number of fused-ring (bicyclic) bond motifs is 1. The quantitative estimate of drug-likeness (QED) is 0.667. The predicted molar refractivity (Wildman–Crippen MR) is 85.6 cm³/mol. The number of carbonyl (C=O) groups excluding carboxylic acids is 1. The summed E-state index contributed by atoms with van der Waals surface area (Å²) in [7, 11) is 0. The maximum atomic E-state index is 12.6. The van der Waals surface area contributed by atoms with E-state index in [9.17, 15) is 4.79 Å². The Morgan fingerprint density at radius 1 is 0.952 bits per heavy atom. The molecule has 0 saturated carbocycles. The zero-order valence-electron chi connectivity index (χ0n) is 12.0. The van der Waals surface area contributed by atoms with Crippen molar-refractivity contribution in [2.24, 2.45) is 0 Å². The molecule has 3 rings (SSSR count). The van der Waals surface area contributed by atoms with Gasteiger partial charge in [0.05, 0.1) is 5.52 Å². The van der Waals surface area contributed by atoms with E-state index < -0.39 is 0 Å². The number of hydrogen-bond donors (Lipinski definition) is 0. The predicted octanol–water partition coefficient (Wildman–Crippen LogP) is 4.22.